The lowest BCUT2D eigenvalue weighted by molar-refractivity contribution is -0.175. The Kier molecular flexibility index (Phi) is 5.24. The molecule has 6 aliphatic rings. The van der Waals surface area contributed by atoms with E-state index in [2.05, 4.69) is 67.6 Å². The van der Waals surface area contributed by atoms with Crippen molar-refractivity contribution in [2.45, 2.75) is 138 Å². The minimum atomic E-state index is -0.329. The highest BCUT2D eigenvalue weighted by molar-refractivity contribution is 5.32. The molecular formula is C32H55NO2. The molecule has 6 rings (SSSR count). The Hall–Kier alpha value is -0.120. The van der Waals surface area contributed by atoms with E-state index in [4.69, 9.17) is 4.74 Å². The van der Waals surface area contributed by atoms with E-state index in [0.717, 1.165) is 24.8 Å². The number of fused-ring (bicyclic) bond motifs is 4. The summed E-state index contributed by atoms with van der Waals surface area (Å²) in [4.78, 5) is 0. The summed E-state index contributed by atoms with van der Waals surface area (Å²) < 4.78 is 6.88. The molecule has 5 saturated carbocycles. The Morgan fingerprint density at radius 3 is 2.26 bits per heavy atom. The summed E-state index contributed by atoms with van der Waals surface area (Å²) in [5, 5.41) is 16.0. The van der Waals surface area contributed by atoms with Crippen LogP contribution in [0.2, 0.25) is 0 Å². The summed E-state index contributed by atoms with van der Waals surface area (Å²) in [7, 11) is 0. The zero-order valence-corrected chi connectivity index (χ0v) is 24.3. The molecule has 1 saturated heterocycles. The van der Waals surface area contributed by atoms with Crippen LogP contribution in [0.5, 0.6) is 0 Å². The van der Waals surface area contributed by atoms with Crippen molar-refractivity contribution in [3.63, 3.8) is 0 Å². The maximum Gasteiger partial charge on any atom is 0.0880 e. The molecule has 0 aromatic heterocycles. The van der Waals surface area contributed by atoms with Gasteiger partial charge >= 0.3 is 0 Å². The largest absolute Gasteiger partial charge is 0.390 e. The van der Waals surface area contributed by atoms with Crippen molar-refractivity contribution in [1.82, 2.24) is 5.32 Å². The predicted molar refractivity (Wildman–Crippen MR) is 143 cm³/mol. The molecule has 2 spiro atoms. The average molecular weight is 486 g/mol. The molecule has 3 heteroatoms. The fraction of sp³-hybridized carbons (Fsp3) is 1.00. The molecule has 5 aliphatic carbocycles. The molecule has 12 atom stereocenters. The molecule has 0 aromatic carbocycles. The number of rotatable bonds is 2. The molecule has 2 N–H and O–H groups in total. The van der Waals surface area contributed by atoms with E-state index < -0.39 is 0 Å². The van der Waals surface area contributed by atoms with Gasteiger partial charge in [0.2, 0.25) is 0 Å². The zero-order valence-electron chi connectivity index (χ0n) is 24.3. The van der Waals surface area contributed by atoms with Gasteiger partial charge in [-0.05, 0) is 123 Å². The van der Waals surface area contributed by atoms with Gasteiger partial charge in [0, 0.05) is 17.5 Å². The van der Waals surface area contributed by atoms with Gasteiger partial charge in [0.1, 0.15) is 0 Å². The molecule has 0 bridgehead atoms. The smallest absolute Gasteiger partial charge is 0.0880 e. The number of aliphatic hydroxyl groups excluding tert-OH is 1. The van der Waals surface area contributed by atoms with E-state index in [-0.39, 0.29) is 34.7 Å². The van der Waals surface area contributed by atoms with Crippen molar-refractivity contribution in [2.24, 2.45) is 56.7 Å². The number of hydrogen-bond donors (Lipinski definition) is 2. The summed E-state index contributed by atoms with van der Waals surface area (Å²) in [6.07, 6.45) is 10.7. The van der Waals surface area contributed by atoms with Crippen LogP contribution in [0.1, 0.15) is 114 Å². The van der Waals surface area contributed by atoms with Gasteiger partial charge in [-0.15, -0.1) is 0 Å². The van der Waals surface area contributed by atoms with Crippen LogP contribution in [-0.2, 0) is 4.74 Å². The monoisotopic (exact) mass is 485 g/mol. The maximum atomic E-state index is 12.3. The minimum Gasteiger partial charge on any atom is -0.390 e. The Morgan fingerprint density at radius 2 is 1.57 bits per heavy atom. The van der Waals surface area contributed by atoms with Crippen molar-refractivity contribution in [1.29, 1.82) is 0 Å². The Balaban J connectivity index is 1.32. The van der Waals surface area contributed by atoms with Gasteiger partial charge in [-0.25, -0.2) is 0 Å². The van der Waals surface area contributed by atoms with Crippen LogP contribution in [0.3, 0.4) is 0 Å². The molecule has 0 radical (unpaired) electrons. The van der Waals surface area contributed by atoms with Crippen LogP contribution in [0.4, 0.5) is 0 Å². The van der Waals surface area contributed by atoms with Crippen LogP contribution >= 0.6 is 0 Å². The first-order valence-corrected chi connectivity index (χ1v) is 15.2. The summed E-state index contributed by atoms with van der Waals surface area (Å²) in [5.41, 5.74) is 1.77. The van der Waals surface area contributed by atoms with Gasteiger partial charge in [0.15, 0.2) is 0 Å². The first-order chi connectivity index (χ1) is 16.1. The van der Waals surface area contributed by atoms with Crippen LogP contribution in [0, 0.1) is 56.7 Å². The molecule has 35 heavy (non-hydrogen) atoms. The van der Waals surface area contributed by atoms with Crippen LogP contribution in [0.15, 0.2) is 0 Å². The topological polar surface area (TPSA) is 41.5 Å². The second-order valence-corrected chi connectivity index (χ2v) is 16.7. The Morgan fingerprint density at radius 1 is 0.914 bits per heavy atom. The third-order valence-electron chi connectivity index (χ3n) is 14.3. The second-order valence-electron chi connectivity index (χ2n) is 16.7. The quantitative estimate of drug-likeness (QED) is 0.451. The standard InChI is InChI=1S/C32H55NO2/c1-19-16-21(17-33-27(3,4)5)35-25-24(19)29(8)14-15-32-18-31(32)13-12-20(2)28(6,7)22(31)10-11-23(32)30(29,9)26(25)34/h19-26,33-34H,10-18H2,1-9H3/t19-,20?,21?,22+,23?,24+,25?,26+,29-,30-,31-,32+/m1/s1. The highest BCUT2D eigenvalue weighted by Gasteiger charge is 2.84. The van der Waals surface area contributed by atoms with Gasteiger partial charge in [0.25, 0.3) is 0 Å². The normalized spacial score (nSPS) is 58.5. The van der Waals surface area contributed by atoms with Crippen molar-refractivity contribution in [3.8, 4) is 0 Å². The first kappa shape index (κ1) is 25.2. The number of aliphatic hydroxyl groups is 1. The molecule has 0 aromatic rings. The average Bonchev–Trinajstić information content (AvgIpc) is 3.40. The van der Waals surface area contributed by atoms with E-state index >= 15 is 0 Å². The summed E-state index contributed by atoms with van der Waals surface area (Å²) in [6, 6.07) is 0. The second kappa shape index (κ2) is 7.29. The number of ether oxygens (including phenoxy) is 1. The lowest BCUT2D eigenvalue weighted by Gasteiger charge is -2.63. The third-order valence-corrected chi connectivity index (χ3v) is 14.3. The lowest BCUT2D eigenvalue weighted by atomic mass is 9.41. The van der Waals surface area contributed by atoms with Crippen molar-refractivity contribution in [3.05, 3.63) is 0 Å². The molecular weight excluding hydrogens is 430 g/mol. The van der Waals surface area contributed by atoms with Crippen molar-refractivity contribution in [2.75, 3.05) is 6.54 Å². The van der Waals surface area contributed by atoms with Crippen molar-refractivity contribution >= 4 is 0 Å². The molecule has 200 valence electrons. The summed E-state index contributed by atoms with van der Waals surface area (Å²) in [6.45, 7) is 22.9. The fourth-order valence-corrected chi connectivity index (χ4v) is 12.1. The molecule has 4 unspecified atom stereocenters. The van der Waals surface area contributed by atoms with E-state index in [0.29, 0.717) is 34.0 Å². The van der Waals surface area contributed by atoms with Crippen LogP contribution in [0.25, 0.3) is 0 Å². The highest BCUT2D eigenvalue weighted by atomic mass is 16.5. The van der Waals surface area contributed by atoms with Crippen molar-refractivity contribution < 1.29 is 9.84 Å². The first-order valence-electron chi connectivity index (χ1n) is 15.2. The van der Waals surface area contributed by atoms with E-state index in [1.807, 2.05) is 0 Å². The van der Waals surface area contributed by atoms with Gasteiger partial charge < -0.3 is 15.2 Å². The molecule has 3 nitrogen and oxygen atoms in total. The van der Waals surface area contributed by atoms with E-state index in [1.54, 1.807) is 0 Å². The molecule has 1 aliphatic heterocycles. The van der Waals surface area contributed by atoms with Gasteiger partial charge in [-0.3, -0.25) is 0 Å². The van der Waals surface area contributed by atoms with Crippen LogP contribution in [-0.4, -0.2) is 35.5 Å². The summed E-state index contributed by atoms with van der Waals surface area (Å²) >= 11 is 0. The molecule has 0 amide bonds. The Labute approximate surface area is 215 Å². The number of nitrogens with one attached hydrogen (secondary N) is 1. The molecule has 6 fully saturated rings. The summed E-state index contributed by atoms with van der Waals surface area (Å²) in [5.74, 6) is 3.48. The van der Waals surface area contributed by atoms with E-state index in [1.165, 1.54) is 44.9 Å². The van der Waals surface area contributed by atoms with Gasteiger partial charge in [-0.1, -0.05) is 41.5 Å². The highest BCUT2D eigenvalue weighted by Crippen LogP contribution is 2.89. The number of hydrogen-bond acceptors (Lipinski definition) is 3. The Bertz CT molecular complexity index is 877. The fourth-order valence-electron chi connectivity index (χ4n) is 12.1. The zero-order chi connectivity index (χ0) is 25.4. The SMILES string of the molecule is CC1CC[C@]23C[C@]24CC[C@]2(C)[C@@H]5C(OC(CNC(C)(C)C)C[C@H]5C)[C@H](O)[C@@]2(C)C4CC[C@H]3C1(C)C. The third kappa shape index (κ3) is 2.96. The molecule has 1 heterocycles. The van der Waals surface area contributed by atoms with Gasteiger partial charge in [0.05, 0.1) is 18.3 Å². The maximum absolute atomic E-state index is 12.3. The minimum absolute atomic E-state index is 0.00547. The van der Waals surface area contributed by atoms with Gasteiger partial charge in [-0.2, -0.15) is 0 Å². The van der Waals surface area contributed by atoms with Crippen LogP contribution < -0.4 is 5.32 Å². The van der Waals surface area contributed by atoms with E-state index in [9.17, 15) is 5.11 Å². The lowest BCUT2D eigenvalue weighted by Crippen LogP contribution is -2.59. The predicted octanol–water partition coefficient (Wildman–Crippen LogP) is 6.82.